The summed E-state index contributed by atoms with van der Waals surface area (Å²) in [5, 5.41) is 19.8. The summed E-state index contributed by atoms with van der Waals surface area (Å²) < 4.78 is 20.3. The maximum atomic E-state index is 15.5. The lowest BCUT2D eigenvalue weighted by molar-refractivity contribution is -0.135. The Labute approximate surface area is 303 Å². The molecule has 272 valence electrons. The van der Waals surface area contributed by atoms with Crippen molar-refractivity contribution in [2.24, 2.45) is 13.0 Å². The number of aromatic nitrogens is 6. The summed E-state index contributed by atoms with van der Waals surface area (Å²) in [6.07, 6.45) is 8.09. The predicted molar refractivity (Wildman–Crippen MR) is 193 cm³/mol. The molecule has 8 rings (SSSR count). The Balaban J connectivity index is 0.874. The third-order valence-corrected chi connectivity index (χ3v) is 10.8. The molecule has 3 amide bonds. The van der Waals surface area contributed by atoms with Gasteiger partial charge in [-0.25, -0.2) is 19.2 Å². The largest absolute Gasteiger partial charge is 0.365 e. The van der Waals surface area contributed by atoms with Crippen LogP contribution in [0.5, 0.6) is 0 Å². The Morgan fingerprint density at radius 1 is 1.06 bits per heavy atom. The molecule has 0 bridgehead atoms. The van der Waals surface area contributed by atoms with Gasteiger partial charge in [0.15, 0.2) is 0 Å². The summed E-state index contributed by atoms with van der Waals surface area (Å²) in [6, 6.07) is 10.8. The Bertz CT molecular complexity index is 2360. The predicted octanol–water partition coefficient (Wildman–Crippen LogP) is 3.27. The van der Waals surface area contributed by atoms with Gasteiger partial charge in [-0.05, 0) is 68.4 Å². The van der Waals surface area contributed by atoms with Crippen LogP contribution < -0.4 is 21.2 Å². The van der Waals surface area contributed by atoms with E-state index in [2.05, 4.69) is 25.5 Å². The maximum Gasteiger partial charge on any atom is 0.329 e. The van der Waals surface area contributed by atoms with Crippen LogP contribution in [0.2, 0.25) is 0 Å². The molecule has 0 radical (unpaired) electrons. The number of imidazole rings is 1. The van der Waals surface area contributed by atoms with E-state index in [4.69, 9.17) is 10.4 Å². The molecule has 2 N–H and O–H groups in total. The lowest BCUT2D eigenvalue weighted by Gasteiger charge is -2.39. The monoisotopic (exact) mass is 719 g/mol. The molecule has 0 spiro atoms. The van der Waals surface area contributed by atoms with Crippen molar-refractivity contribution in [3.63, 3.8) is 0 Å². The van der Waals surface area contributed by atoms with Gasteiger partial charge in [-0.2, -0.15) is 10.4 Å². The summed E-state index contributed by atoms with van der Waals surface area (Å²) >= 11 is 0. The second kappa shape index (κ2) is 13.9. The Morgan fingerprint density at radius 2 is 1.85 bits per heavy atom. The van der Waals surface area contributed by atoms with Gasteiger partial charge in [-0.15, -0.1) is 0 Å². The number of nitrogens with zero attached hydrogens (tertiary/aromatic N) is 9. The minimum atomic E-state index is -0.829. The van der Waals surface area contributed by atoms with Crippen LogP contribution in [0.1, 0.15) is 66.8 Å². The third kappa shape index (κ3) is 6.52. The van der Waals surface area contributed by atoms with Crippen molar-refractivity contribution in [3.8, 4) is 6.07 Å². The van der Waals surface area contributed by atoms with Gasteiger partial charge in [-0.3, -0.25) is 38.4 Å². The Morgan fingerprint density at radius 3 is 2.60 bits per heavy atom. The zero-order chi connectivity index (χ0) is 36.8. The van der Waals surface area contributed by atoms with Gasteiger partial charge in [0.25, 0.3) is 5.91 Å². The molecular weight excluding hydrogens is 681 g/mol. The molecule has 6 heterocycles. The Kier molecular flexibility index (Phi) is 8.95. The highest BCUT2D eigenvalue weighted by molar-refractivity contribution is 6.03. The number of nitrogens with one attached hydrogen (secondary N) is 2. The second-order valence-electron chi connectivity index (χ2n) is 14.1. The van der Waals surface area contributed by atoms with Gasteiger partial charge in [0.2, 0.25) is 11.8 Å². The number of imide groups is 1. The van der Waals surface area contributed by atoms with E-state index < -0.39 is 29.4 Å². The lowest BCUT2D eigenvalue weighted by Crippen LogP contribution is -2.48. The van der Waals surface area contributed by atoms with Crippen molar-refractivity contribution in [1.29, 1.82) is 5.26 Å². The van der Waals surface area contributed by atoms with Crippen LogP contribution in [-0.4, -0.2) is 84.2 Å². The number of aryl methyl sites for hydroxylation is 1. The van der Waals surface area contributed by atoms with Crippen molar-refractivity contribution in [1.82, 2.24) is 39.1 Å². The first-order chi connectivity index (χ1) is 25.7. The van der Waals surface area contributed by atoms with Gasteiger partial charge in [0.05, 0.1) is 29.0 Å². The second-order valence-corrected chi connectivity index (χ2v) is 14.1. The van der Waals surface area contributed by atoms with E-state index >= 15 is 4.39 Å². The summed E-state index contributed by atoms with van der Waals surface area (Å²) in [4.78, 5) is 63.3. The molecule has 53 heavy (non-hydrogen) atoms. The third-order valence-electron chi connectivity index (χ3n) is 10.8. The van der Waals surface area contributed by atoms with E-state index in [9.17, 15) is 19.2 Å². The first-order valence-corrected chi connectivity index (χ1v) is 17.9. The minimum absolute atomic E-state index is 0.138. The molecule has 3 fully saturated rings. The number of hydrogen-bond acceptors (Lipinski definition) is 10. The molecule has 1 atom stereocenters. The topological polar surface area (TPSA) is 176 Å². The van der Waals surface area contributed by atoms with Crippen LogP contribution in [-0.2, 0) is 16.6 Å². The average molecular weight is 720 g/mol. The van der Waals surface area contributed by atoms with Crippen LogP contribution in [0.4, 0.5) is 15.9 Å². The number of halogens is 1. The number of rotatable bonds is 7. The molecule has 1 aliphatic carbocycles. The number of carbonyl (C=O) groups excluding carboxylic acids is 3. The van der Waals surface area contributed by atoms with E-state index in [1.807, 2.05) is 21.8 Å². The van der Waals surface area contributed by atoms with Gasteiger partial charge in [-0.1, -0.05) is 6.07 Å². The quantitative estimate of drug-likeness (QED) is 0.238. The molecular formula is C37H38FN11O4. The molecule has 15 nitrogen and oxygen atoms in total. The Hall–Kier alpha value is -5.95. The average Bonchev–Trinajstić information content (AvgIpc) is 3.70. The van der Waals surface area contributed by atoms with Crippen molar-refractivity contribution in [3.05, 3.63) is 76.5 Å². The fourth-order valence-electron chi connectivity index (χ4n) is 8.08. The van der Waals surface area contributed by atoms with Crippen LogP contribution in [0.3, 0.4) is 0 Å². The van der Waals surface area contributed by atoms with E-state index in [0.29, 0.717) is 41.5 Å². The molecule has 1 aromatic carbocycles. The van der Waals surface area contributed by atoms with Crippen molar-refractivity contribution in [2.75, 3.05) is 42.9 Å². The number of nitriles is 1. The number of benzene rings is 1. The zero-order valence-electron chi connectivity index (χ0n) is 29.2. The molecule has 2 aliphatic heterocycles. The molecule has 5 aromatic rings. The summed E-state index contributed by atoms with van der Waals surface area (Å²) in [5.41, 5.74) is 1.93. The van der Waals surface area contributed by atoms with E-state index in [-0.39, 0.29) is 36.2 Å². The summed E-state index contributed by atoms with van der Waals surface area (Å²) in [5.74, 6) is -0.828. The van der Waals surface area contributed by atoms with E-state index in [1.54, 1.807) is 37.5 Å². The highest BCUT2D eigenvalue weighted by atomic mass is 19.1. The van der Waals surface area contributed by atoms with Gasteiger partial charge >= 0.3 is 5.69 Å². The minimum Gasteiger partial charge on any atom is -0.365 e. The lowest BCUT2D eigenvalue weighted by atomic mass is 9.85. The van der Waals surface area contributed by atoms with Gasteiger partial charge in [0.1, 0.15) is 40.7 Å². The molecule has 2 saturated heterocycles. The molecule has 1 saturated carbocycles. The fourth-order valence-corrected chi connectivity index (χ4v) is 8.08. The maximum absolute atomic E-state index is 15.5. The number of anilines is 2. The smallest absolute Gasteiger partial charge is 0.329 e. The molecule has 4 aromatic heterocycles. The van der Waals surface area contributed by atoms with Crippen LogP contribution in [0.15, 0.2) is 53.6 Å². The molecule has 16 heteroatoms. The fraction of sp³-hybridized carbons (Fsp3) is 0.405. The summed E-state index contributed by atoms with van der Waals surface area (Å²) in [7, 11) is 1.60. The summed E-state index contributed by atoms with van der Waals surface area (Å²) in [6.45, 7) is 3.67. The number of pyridine rings is 2. The number of amides is 3. The highest BCUT2D eigenvalue weighted by Crippen LogP contribution is 2.35. The van der Waals surface area contributed by atoms with Gasteiger partial charge in [0, 0.05) is 57.8 Å². The number of hydrogen-bond donors (Lipinski definition) is 2. The number of fused-ring (bicyclic) bond motifs is 2. The SMILES string of the molecule is Cn1c(=O)n(C2CCC(=O)NC2=O)c2ccc(F)c(N3CCN(CC4CCC(n5cc6cc(NC(=O)c7cccc(C#N)n7)ncc6n5)CC4)CC3)c21. The first-order valence-electron chi connectivity index (χ1n) is 17.9. The number of piperazine rings is 1. The van der Waals surface area contributed by atoms with Crippen molar-refractivity contribution < 1.29 is 18.8 Å². The van der Waals surface area contributed by atoms with Crippen molar-refractivity contribution >= 4 is 51.2 Å². The van der Waals surface area contributed by atoms with E-state index in [0.717, 1.165) is 56.2 Å². The van der Waals surface area contributed by atoms with E-state index in [1.165, 1.54) is 21.3 Å². The van der Waals surface area contributed by atoms with Crippen LogP contribution in [0, 0.1) is 23.1 Å². The van der Waals surface area contributed by atoms with Crippen LogP contribution >= 0.6 is 0 Å². The first kappa shape index (κ1) is 34.2. The van der Waals surface area contributed by atoms with Crippen LogP contribution in [0.25, 0.3) is 21.9 Å². The molecule has 3 aliphatic rings. The normalized spacial score (nSPS) is 21.2. The van der Waals surface area contributed by atoms with Gasteiger partial charge < -0.3 is 10.2 Å². The van der Waals surface area contributed by atoms with Crippen molar-refractivity contribution in [2.45, 2.75) is 50.6 Å². The number of piperidine rings is 1. The highest BCUT2D eigenvalue weighted by Gasteiger charge is 2.34. The molecule has 1 unspecified atom stereocenters. The standard InChI is InChI=1S/C37H38FN11O4/c1-45-34-29(49(37(45)53)30-11-12-32(50)43-36(30)52)10-9-26(38)33(34)47-15-13-46(14-16-47)20-22-5-7-25(8-6-22)48-21-23-17-31(40-19-28(23)44-48)42-35(51)27-4-2-3-24(18-39)41-27/h2-4,9-10,17,19,21-22,25,30H,5-8,11-16,20H2,1H3,(H,42,51)(H,43,50,52). The number of carbonyl (C=O) groups is 3. The zero-order valence-corrected chi connectivity index (χ0v) is 29.2.